The highest BCUT2D eigenvalue weighted by atomic mass is 32.2. The molecule has 0 N–H and O–H groups in total. The molecule has 2 aromatic carbocycles. The molecule has 0 aliphatic carbocycles. The number of pyridine rings is 1. The number of thioether (sulfide) groups is 1. The zero-order chi connectivity index (χ0) is 19.0. The Morgan fingerprint density at radius 3 is 2.70 bits per heavy atom. The van der Waals surface area contributed by atoms with E-state index in [1.165, 1.54) is 10.9 Å². The summed E-state index contributed by atoms with van der Waals surface area (Å²) in [4.78, 5) is 16.8. The van der Waals surface area contributed by atoms with Crippen LogP contribution in [0.2, 0.25) is 0 Å². The van der Waals surface area contributed by atoms with Gasteiger partial charge in [0.15, 0.2) is 0 Å². The van der Waals surface area contributed by atoms with Crippen LogP contribution in [0, 0.1) is 13.8 Å². The van der Waals surface area contributed by atoms with Crippen LogP contribution >= 0.6 is 11.8 Å². The van der Waals surface area contributed by atoms with E-state index in [4.69, 9.17) is 14.1 Å². The highest BCUT2D eigenvalue weighted by Gasteiger charge is 2.10. The zero-order valence-electron chi connectivity index (χ0n) is 15.4. The van der Waals surface area contributed by atoms with Crippen molar-refractivity contribution in [2.75, 3.05) is 7.11 Å². The summed E-state index contributed by atoms with van der Waals surface area (Å²) in [6, 6.07) is 15.4. The number of para-hydroxylation sites is 1. The van der Waals surface area contributed by atoms with Crippen LogP contribution in [0.25, 0.3) is 21.9 Å². The molecule has 0 atom stereocenters. The maximum absolute atomic E-state index is 12.0. The normalized spacial score (nSPS) is 11.2. The van der Waals surface area contributed by atoms with Crippen molar-refractivity contribution in [3.05, 3.63) is 75.6 Å². The van der Waals surface area contributed by atoms with Gasteiger partial charge in [0, 0.05) is 28.7 Å². The summed E-state index contributed by atoms with van der Waals surface area (Å²) in [5.74, 6) is 1.30. The maximum Gasteiger partial charge on any atom is 0.336 e. The van der Waals surface area contributed by atoms with Crippen molar-refractivity contribution >= 4 is 33.6 Å². The highest BCUT2D eigenvalue weighted by Crippen LogP contribution is 2.30. The van der Waals surface area contributed by atoms with Gasteiger partial charge in [0.1, 0.15) is 11.3 Å². The molecule has 0 saturated heterocycles. The van der Waals surface area contributed by atoms with Crippen LogP contribution in [0.4, 0.5) is 0 Å². The number of hydrogen-bond donors (Lipinski definition) is 0. The molecule has 0 aliphatic heterocycles. The Morgan fingerprint density at radius 2 is 1.89 bits per heavy atom. The number of ether oxygens (including phenoxy) is 1. The van der Waals surface area contributed by atoms with Gasteiger partial charge >= 0.3 is 5.63 Å². The monoisotopic (exact) mass is 377 g/mol. The van der Waals surface area contributed by atoms with E-state index >= 15 is 0 Å². The van der Waals surface area contributed by atoms with Gasteiger partial charge in [-0.1, -0.05) is 18.2 Å². The summed E-state index contributed by atoms with van der Waals surface area (Å²) in [6.45, 7) is 4.18. The summed E-state index contributed by atoms with van der Waals surface area (Å²) in [7, 11) is 1.59. The molecule has 2 heterocycles. The molecular weight excluding hydrogens is 358 g/mol. The van der Waals surface area contributed by atoms with Gasteiger partial charge in [0.05, 0.1) is 17.7 Å². The molecule has 2 aromatic heterocycles. The van der Waals surface area contributed by atoms with Crippen LogP contribution in [0.1, 0.15) is 16.7 Å². The molecule has 0 fully saturated rings. The fourth-order valence-corrected chi connectivity index (χ4v) is 4.17. The molecule has 4 nitrogen and oxygen atoms in total. The number of nitrogens with zero attached hydrogens (tertiary/aromatic N) is 1. The van der Waals surface area contributed by atoms with Crippen LogP contribution in [-0.2, 0) is 5.75 Å². The van der Waals surface area contributed by atoms with Crippen molar-refractivity contribution in [2.24, 2.45) is 0 Å². The third kappa shape index (κ3) is 3.43. The van der Waals surface area contributed by atoms with Crippen LogP contribution in [0.3, 0.4) is 0 Å². The smallest absolute Gasteiger partial charge is 0.336 e. The lowest BCUT2D eigenvalue weighted by molar-refractivity contribution is 0.414. The van der Waals surface area contributed by atoms with E-state index < -0.39 is 0 Å². The minimum absolute atomic E-state index is 0.357. The first kappa shape index (κ1) is 17.6. The first-order valence-corrected chi connectivity index (χ1v) is 9.64. The average molecular weight is 377 g/mol. The van der Waals surface area contributed by atoms with E-state index in [-0.39, 0.29) is 5.63 Å². The number of benzene rings is 2. The lowest BCUT2D eigenvalue weighted by Gasteiger charge is -2.09. The molecule has 4 rings (SSSR count). The predicted octanol–water partition coefficient (Wildman–Crippen LogP) is 5.26. The van der Waals surface area contributed by atoms with Crippen molar-refractivity contribution in [3.63, 3.8) is 0 Å². The van der Waals surface area contributed by atoms with Crippen LogP contribution < -0.4 is 10.4 Å². The van der Waals surface area contributed by atoms with Crippen molar-refractivity contribution in [1.82, 2.24) is 4.98 Å². The summed E-state index contributed by atoms with van der Waals surface area (Å²) in [5.41, 5.74) is 4.51. The second kappa shape index (κ2) is 7.08. The van der Waals surface area contributed by atoms with Gasteiger partial charge in [-0.15, -0.1) is 11.8 Å². The molecule has 0 saturated carbocycles. The molecule has 4 aromatic rings. The van der Waals surface area contributed by atoms with Crippen molar-refractivity contribution in [1.29, 1.82) is 0 Å². The van der Waals surface area contributed by atoms with Gasteiger partial charge < -0.3 is 9.15 Å². The van der Waals surface area contributed by atoms with Crippen LogP contribution in [0.5, 0.6) is 5.75 Å². The number of hydrogen-bond acceptors (Lipinski definition) is 5. The molecule has 27 heavy (non-hydrogen) atoms. The largest absolute Gasteiger partial charge is 0.497 e. The Morgan fingerprint density at radius 1 is 1.04 bits per heavy atom. The first-order valence-electron chi connectivity index (χ1n) is 8.66. The predicted molar refractivity (Wildman–Crippen MR) is 110 cm³/mol. The van der Waals surface area contributed by atoms with E-state index in [0.717, 1.165) is 27.1 Å². The van der Waals surface area contributed by atoms with Gasteiger partial charge in [-0.25, -0.2) is 9.78 Å². The third-order valence-corrected chi connectivity index (χ3v) is 5.60. The van der Waals surface area contributed by atoms with E-state index in [9.17, 15) is 4.79 Å². The number of fused-ring (bicyclic) bond motifs is 2. The van der Waals surface area contributed by atoms with Gasteiger partial charge in [0.2, 0.25) is 0 Å². The third-order valence-electron chi connectivity index (χ3n) is 4.64. The Labute approximate surface area is 161 Å². The Hall–Kier alpha value is -2.79. The number of aryl methyl sites for hydroxylation is 2. The lowest BCUT2D eigenvalue weighted by Crippen LogP contribution is -2.00. The summed E-state index contributed by atoms with van der Waals surface area (Å²) < 4.78 is 10.5. The van der Waals surface area contributed by atoms with Gasteiger partial charge in [-0.05, 0) is 48.7 Å². The quantitative estimate of drug-likeness (QED) is 0.359. The molecule has 0 aliphatic rings. The standard InChI is InChI=1S/C22H19NO3S/c1-13-5-4-6-17-14(2)9-20(23-22(13)17)27-12-15-10-21(24)26-19-11-16(25-3)7-8-18(15)19/h4-11H,12H2,1-3H3. The first-order chi connectivity index (χ1) is 13.0. The second-order valence-corrected chi connectivity index (χ2v) is 7.49. The van der Waals surface area contributed by atoms with E-state index in [1.54, 1.807) is 31.0 Å². The molecule has 0 unspecified atom stereocenters. The molecule has 5 heteroatoms. The SMILES string of the molecule is COc1ccc2c(CSc3cc(C)c4cccc(C)c4n3)cc(=O)oc2c1. The molecule has 0 bridgehead atoms. The zero-order valence-corrected chi connectivity index (χ0v) is 16.2. The molecule has 0 spiro atoms. The molecule has 136 valence electrons. The summed E-state index contributed by atoms with van der Waals surface area (Å²) in [5, 5.41) is 3.04. The second-order valence-electron chi connectivity index (χ2n) is 6.49. The number of rotatable bonds is 4. The summed E-state index contributed by atoms with van der Waals surface area (Å²) in [6.07, 6.45) is 0. The molecule has 0 radical (unpaired) electrons. The minimum atomic E-state index is -0.357. The Bertz CT molecular complexity index is 1210. The maximum atomic E-state index is 12.0. The average Bonchev–Trinajstić information content (AvgIpc) is 2.66. The van der Waals surface area contributed by atoms with Crippen molar-refractivity contribution in [2.45, 2.75) is 24.6 Å². The Balaban J connectivity index is 1.70. The van der Waals surface area contributed by atoms with Crippen molar-refractivity contribution < 1.29 is 9.15 Å². The molecular formula is C22H19NO3S. The van der Waals surface area contributed by atoms with Crippen LogP contribution in [-0.4, -0.2) is 12.1 Å². The fourth-order valence-electron chi connectivity index (χ4n) is 3.21. The van der Waals surface area contributed by atoms with Crippen molar-refractivity contribution in [3.8, 4) is 5.75 Å². The summed E-state index contributed by atoms with van der Waals surface area (Å²) >= 11 is 1.62. The minimum Gasteiger partial charge on any atom is -0.497 e. The number of aromatic nitrogens is 1. The topological polar surface area (TPSA) is 52.3 Å². The van der Waals surface area contributed by atoms with Gasteiger partial charge in [-0.2, -0.15) is 0 Å². The van der Waals surface area contributed by atoms with Gasteiger partial charge in [0.25, 0.3) is 0 Å². The van der Waals surface area contributed by atoms with Crippen LogP contribution in [0.15, 0.2) is 62.8 Å². The van der Waals surface area contributed by atoms with Gasteiger partial charge in [-0.3, -0.25) is 0 Å². The fraction of sp³-hybridized carbons (Fsp3) is 0.182. The Kier molecular flexibility index (Phi) is 4.62. The number of methoxy groups -OCH3 is 1. The highest BCUT2D eigenvalue weighted by molar-refractivity contribution is 7.98. The van der Waals surface area contributed by atoms with E-state index in [0.29, 0.717) is 17.1 Å². The van der Waals surface area contributed by atoms with E-state index in [2.05, 4.69) is 38.1 Å². The molecule has 0 amide bonds. The van der Waals surface area contributed by atoms with E-state index in [1.807, 2.05) is 12.1 Å². The lowest BCUT2D eigenvalue weighted by atomic mass is 10.1.